The van der Waals surface area contributed by atoms with Gasteiger partial charge < -0.3 is 20.9 Å². The molecule has 5 rings (SSSR count). The summed E-state index contributed by atoms with van der Waals surface area (Å²) in [5, 5.41) is 7.25. The van der Waals surface area contributed by atoms with Crippen LogP contribution in [0.2, 0.25) is 0 Å². The van der Waals surface area contributed by atoms with Crippen molar-refractivity contribution in [2.75, 3.05) is 23.3 Å². The maximum atomic E-state index is 13.1. The molecule has 2 saturated heterocycles. The standard InChI is InChI=1S/C23H26N8O2/c1-29-14-16(12-26-29)27-22-20(21(24)32)25-13-19(28-22)30-10-5-8-17-18(30)9-11-31(17)23(33)15-6-3-2-4-7-15/h2-4,6-7,12-14,17-18H,5,8-11H2,1H3,(H2,24,32)(H,27,28). The van der Waals surface area contributed by atoms with Gasteiger partial charge in [0.2, 0.25) is 0 Å². The summed E-state index contributed by atoms with van der Waals surface area (Å²) in [4.78, 5) is 38.3. The second-order valence-corrected chi connectivity index (χ2v) is 8.44. The fraction of sp³-hybridized carbons (Fsp3) is 0.348. The predicted octanol–water partition coefficient (Wildman–Crippen LogP) is 1.94. The highest BCUT2D eigenvalue weighted by Crippen LogP contribution is 2.35. The zero-order chi connectivity index (χ0) is 22.9. The van der Waals surface area contributed by atoms with Crippen LogP contribution in [0.3, 0.4) is 0 Å². The molecule has 10 nitrogen and oxygen atoms in total. The summed E-state index contributed by atoms with van der Waals surface area (Å²) in [7, 11) is 1.80. The van der Waals surface area contributed by atoms with E-state index >= 15 is 0 Å². The number of likely N-dealkylation sites (tertiary alicyclic amines) is 1. The van der Waals surface area contributed by atoms with Crippen LogP contribution in [0, 0.1) is 0 Å². The quantitative estimate of drug-likeness (QED) is 0.614. The van der Waals surface area contributed by atoms with Gasteiger partial charge in [-0.15, -0.1) is 0 Å². The van der Waals surface area contributed by atoms with E-state index in [0.29, 0.717) is 29.4 Å². The number of hydrogen-bond donors (Lipinski definition) is 2. The van der Waals surface area contributed by atoms with Crippen molar-refractivity contribution < 1.29 is 9.59 Å². The van der Waals surface area contributed by atoms with Crippen LogP contribution in [-0.2, 0) is 7.05 Å². The highest BCUT2D eigenvalue weighted by molar-refractivity contribution is 5.96. The molecule has 2 aliphatic heterocycles. The van der Waals surface area contributed by atoms with Crippen LogP contribution in [0.1, 0.15) is 40.1 Å². The Bertz CT molecular complexity index is 1180. The van der Waals surface area contributed by atoms with Gasteiger partial charge in [0.1, 0.15) is 5.82 Å². The van der Waals surface area contributed by atoms with Crippen molar-refractivity contribution in [2.24, 2.45) is 12.8 Å². The Morgan fingerprint density at radius 1 is 1.09 bits per heavy atom. The third kappa shape index (κ3) is 3.99. The Hall–Kier alpha value is -3.95. The molecule has 0 bridgehead atoms. The summed E-state index contributed by atoms with van der Waals surface area (Å²) in [5.41, 5.74) is 7.00. The first-order chi connectivity index (χ1) is 16.0. The molecule has 3 N–H and O–H groups in total. The van der Waals surface area contributed by atoms with Crippen LogP contribution in [0.4, 0.5) is 17.3 Å². The Kier molecular flexibility index (Phi) is 5.41. The third-order valence-electron chi connectivity index (χ3n) is 6.35. The smallest absolute Gasteiger partial charge is 0.271 e. The van der Waals surface area contributed by atoms with Gasteiger partial charge >= 0.3 is 0 Å². The van der Waals surface area contributed by atoms with Gasteiger partial charge in [-0.25, -0.2) is 9.97 Å². The second-order valence-electron chi connectivity index (χ2n) is 8.44. The first-order valence-electron chi connectivity index (χ1n) is 11.1. The average molecular weight is 447 g/mol. The number of piperidine rings is 1. The molecule has 0 spiro atoms. The van der Waals surface area contributed by atoms with Crippen molar-refractivity contribution in [3.05, 3.63) is 60.2 Å². The third-order valence-corrected chi connectivity index (χ3v) is 6.35. The number of aryl methyl sites for hydroxylation is 1. The van der Waals surface area contributed by atoms with E-state index in [0.717, 1.165) is 25.8 Å². The van der Waals surface area contributed by atoms with Crippen molar-refractivity contribution in [2.45, 2.75) is 31.3 Å². The number of carbonyl (C=O) groups is 2. The lowest BCUT2D eigenvalue weighted by atomic mass is 9.96. The van der Waals surface area contributed by atoms with Gasteiger partial charge in [0.05, 0.1) is 30.2 Å². The first kappa shape index (κ1) is 20.9. The van der Waals surface area contributed by atoms with E-state index in [1.54, 1.807) is 30.3 Å². The van der Waals surface area contributed by atoms with E-state index in [4.69, 9.17) is 10.7 Å². The minimum absolute atomic E-state index is 0.0686. The molecule has 0 radical (unpaired) electrons. The fourth-order valence-electron chi connectivity index (χ4n) is 4.88. The van der Waals surface area contributed by atoms with Crippen LogP contribution in [-0.4, -0.2) is 61.6 Å². The number of anilines is 3. The SMILES string of the molecule is Cn1cc(Nc2nc(N3CCCC4C3CCN4C(=O)c3ccccc3)cnc2C(N)=O)cn1. The van der Waals surface area contributed by atoms with Crippen LogP contribution < -0.4 is 16.0 Å². The maximum Gasteiger partial charge on any atom is 0.271 e. The summed E-state index contributed by atoms with van der Waals surface area (Å²) in [6, 6.07) is 9.67. The van der Waals surface area contributed by atoms with Crippen LogP contribution in [0.15, 0.2) is 48.9 Å². The van der Waals surface area contributed by atoms with Gasteiger partial charge in [-0.3, -0.25) is 14.3 Å². The summed E-state index contributed by atoms with van der Waals surface area (Å²) < 4.78 is 1.65. The molecular formula is C23H26N8O2. The Balaban J connectivity index is 1.41. The Morgan fingerprint density at radius 2 is 1.91 bits per heavy atom. The monoisotopic (exact) mass is 446 g/mol. The highest BCUT2D eigenvalue weighted by atomic mass is 16.2. The molecule has 2 aromatic heterocycles. The zero-order valence-electron chi connectivity index (χ0n) is 18.4. The second kappa shape index (κ2) is 8.53. The van der Waals surface area contributed by atoms with E-state index in [1.807, 2.05) is 35.2 Å². The zero-order valence-corrected chi connectivity index (χ0v) is 18.4. The molecule has 2 aliphatic rings. The number of aromatic nitrogens is 4. The number of nitrogens with one attached hydrogen (secondary N) is 1. The van der Waals surface area contributed by atoms with Crippen LogP contribution in [0.25, 0.3) is 0 Å². The van der Waals surface area contributed by atoms with E-state index in [1.165, 1.54) is 0 Å². The van der Waals surface area contributed by atoms with Gasteiger partial charge in [0, 0.05) is 31.9 Å². The number of rotatable bonds is 5. The largest absolute Gasteiger partial charge is 0.364 e. The molecule has 33 heavy (non-hydrogen) atoms. The lowest BCUT2D eigenvalue weighted by Gasteiger charge is -2.40. The van der Waals surface area contributed by atoms with Crippen molar-refractivity contribution >= 4 is 29.1 Å². The number of primary amides is 1. The van der Waals surface area contributed by atoms with Gasteiger partial charge in [-0.2, -0.15) is 5.10 Å². The lowest BCUT2D eigenvalue weighted by molar-refractivity contribution is 0.0713. The minimum atomic E-state index is -0.655. The first-order valence-corrected chi connectivity index (χ1v) is 11.1. The van der Waals surface area contributed by atoms with Gasteiger partial charge in [-0.1, -0.05) is 18.2 Å². The van der Waals surface area contributed by atoms with Crippen LogP contribution >= 0.6 is 0 Å². The fourth-order valence-corrected chi connectivity index (χ4v) is 4.88. The minimum Gasteiger partial charge on any atom is -0.364 e. The molecule has 2 fully saturated rings. The molecule has 2 amide bonds. The van der Waals surface area contributed by atoms with E-state index in [-0.39, 0.29) is 23.7 Å². The molecule has 3 aromatic rings. The topological polar surface area (TPSA) is 122 Å². The average Bonchev–Trinajstić information content (AvgIpc) is 3.44. The highest BCUT2D eigenvalue weighted by Gasteiger charge is 2.43. The number of nitrogens with two attached hydrogens (primary N) is 1. The molecule has 2 atom stereocenters. The number of carbonyl (C=O) groups excluding carboxylic acids is 2. The van der Waals surface area contributed by atoms with Crippen LogP contribution in [0.5, 0.6) is 0 Å². The number of hydrogen-bond acceptors (Lipinski definition) is 7. The molecule has 4 heterocycles. The van der Waals surface area contributed by atoms with Crippen molar-refractivity contribution in [1.29, 1.82) is 0 Å². The van der Waals surface area contributed by atoms with Crippen molar-refractivity contribution in [1.82, 2.24) is 24.6 Å². The molecular weight excluding hydrogens is 420 g/mol. The van der Waals surface area contributed by atoms with Gasteiger partial charge in [0.15, 0.2) is 11.5 Å². The number of benzene rings is 1. The summed E-state index contributed by atoms with van der Waals surface area (Å²) >= 11 is 0. The van der Waals surface area contributed by atoms with E-state index in [2.05, 4.69) is 20.3 Å². The normalized spacial score (nSPS) is 19.9. The Morgan fingerprint density at radius 3 is 2.64 bits per heavy atom. The lowest BCUT2D eigenvalue weighted by Crippen LogP contribution is -2.51. The molecule has 1 aromatic carbocycles. The Labute approximate surface area is 191 Å². The summed E-state index contributed by atoms with van der Waals surface area (Å²) in [5.74, 6) is 0.372. The number of amides is 2. The van der Waals surface area contributed by atoms with Crippen molar-refractivity contribution in [3.63, 3.8) is 0 Å². The summed E-state index contributed by atoms with van der Waals surface area (Å²) in [6.07, 6.45) is 7.75. The molecule has 0 saturated carbocycles. The predicted molar refractivity (Wildman–Crippen MR) is 123 cm³/mol. The molecule has 2 unspecified atom stereocenters. The van der Waals surface area contributed by atoms with Gasteiger partial charge in [0.25, 0.3) is 11.8 Å². The van der Waals surface area contributed by atoms with Crippen molar-refractivity contribution in [3.8, 4) is 0 Å². The molecule has 0 aliphatic carbocycles. The molecule has 10 heteroatoms. The molecule has 170 valence electrons. The van der Waals surface area contributed by atoms with E-state index in [9.17, 15) is 9.59 Å². The number of nitrogens with zero attached hydrogens (tertiary/aromatic N) is 6. The van der Waals surface area contributed by atoms with Gasteiger partial charge in [-0.05, 0) is 31.4 Å². The number of fused-ring (bicyclic) bond motifs is 1. The van der Waals surface area contributed by atoms with E-state index < -0.39 is 5.91 Å². The summed E-state index contributed by atoms with van der Waals surface area (Å²) in [6.45, 7) is 1.51. The maximum absolute atomic E-state index is 13.1.